The molecule has 0 aromatic carbocycles. The third-order valence-corrected chi connectivity index (χ3v) is 0.632. The highest BCUT2D eigenvalue weighted by Crippen LogP contribution is 1.61. The molecule has 3 nitrogen and oxygen atoms in total. The van der Waals surface area contributed by atoms with Gasteiger partial charge in [0.05, 0.1) is 5.71 Å². The van der Waals surface area contributed by atoms with Crippen molar-refractivity contribution in [2.24, 2.45) is 10.7 Å². The topological polar surface area (TPSA) is 55.5 Å². The van der Waals surface area contributed by atoms with E-state index in [-0.39, 0.29) is 6.54 Å². The molecule has 0 amide bonds. The summed E-state index contributed by atoms with van der Waals surface area (Å²) in [6.07, 6.45) is 0.653. The van der Waals surface area contributed by atoms with Gasteiger partial charge in [0, 0.05) is 13.6 Å². The fourth-order valence-electron chi connectivity index (χ4n) is 0.192. The minimum Gasteiger partial charge on any atom is -0.325 e. The second-order valence-corrected chi connectivity index (χ2v) is 1.04. The zero-order chi connectivity index (χ0) is 5.70. The van der Waals surface area contributed by atoms with Crippen molar-refractivity contribution < 1.29 is 4.79 Å². The molecule has 40 valence electrons. The normalized spacial score (nSPS) is 11.4. The van der Waals surface area contributed by atoms with Crippen LogP contribution in [0.2, 0.25) is 0 Å². The van der Waals surface area contributed by atoms with Crippen molar-refractivity contribution in [2.75, 3.05) is 13.6 Å². The van der Waals surface area contributed by atoms with Crippen molar-refractivity contribution in [1.82, 2.24) is 0 Å². The van der Waals surface area contributed by atoms with Gasteiger partial charge in [0.25, 0.3) is 0 Å². The number of aldehydes is 1. The predicted molar refractivity (Wildman–Crippen MR) is 28.5 cm³/mol. The van der Waals surface area contributed by atoms with E-state index in [1.807, 2.05) is 0 Å². The average Bonchev–Trinajstić information content (AvgIpc) is 1.72. The van der Waals surface area contributed by atoms with Gasteiger partial charge in [0.1, 0.15) is 0 Å². The number of carbonyl (C=O) groups is 1. The fraction of sp³-hybridized carbons (Fsp3) is 0.500. The number of nitrogens with two attached hydrogens (primary N) is 1. The van der Waals surface area contributed by atoms with E-state index in [4.69, 9.17) is 5.73 Å². The van der Waals surface area contributed by atoms with Crippen LogP contribution in [0.1, 0.15) is 0 Å². The van der Waals surface area contributed by atoms with Crippen molar-refractivity contribution in [3.63, 3.8) is 0 Å². The Labute approximate surface area is 42.2 Å². The summed E-state index contributed by atoms with van der Waals surface area (Å²) in [4.78, 5) is 13.3. The van der Waals surface area contributed by atoms with Gasteiger partial charge in [0.2, 0.25) is 0 Å². The Hall–Kier alpha value is -0.700. The van der Waals surface area contributed by atoms with Crippen LogP contribution in [0.25, 0.3) is 0 Å². The van der Waals surface area contributed by atoms with Gasteiger partial charge >= 0.3 is 0 Å². The van der Waals surface area contributed by atoms with Gasteiger partial charge < -0.3 is 5.73 Å². The summed E-state index contributed by atoms with van der Waals surface area (Å²) in [5, 5.41) is 0. The molecule has 0 fully saturated rings. The zero-order valence-electron chi connectivity index (χ0n) is 4.22. The lowest BCUT2D eigenvalue weighted by molar-refractivity contribution is -0.102. The Balaban J connectivity index is 3.60. The number of hydrogen-bond acceptors (Lipinski definition) is 3. The van der Waals surface area contributed by atoms with E-state index in [1.54, 1.807) is 0 Å². The first kappa shape index (κ1) is 6.30. The molecule has 0 aromatic rings. The van der Waals surface area contributed by atoms with Gasteiger partial charge in [-0.1, -0.05) is 0 Å². The molecular formula is C4H8N2O. The molecule has 0 aliphatic carbocycles. The van der Waals surface area contributed by atoms with Crippen LogP contribution in [-0.4, -0.2) is 25.6 Å². The van der Waals surface area contributed by atoms with Crippen molar-refractivity contribution in [3.05, 3.63) is 0 Å². The maximum absolute atomic E-state index is 9.76. The van der Waals surface area contributed by atoms with Crippen LogP contribution in [-0.2, 0) is 4.79 Å². The molecule has 0 saturated heterocycles. The van der Waals surface area contributed by atoms with Crippen molar-refractivity contribution >= 4 is 12.0 Å². The van der Waals surface area contributed by atoms with Crippen molar-refractivity contribution in [3.8, 4) is 0 Å². The summed E-state index contributed by atoms with van der Waals surface area (Å²) in [5.41, 5.74) is 5.43. The van der Waals surface area contributed by atoms with Crippen LogP contribution >= 0.6 is 0 Å². The average molecular weight is 100 g/mol. The molecule has 0 atom stereocenters. The Morgan fingerprint density at radius 2 is 2.57 bits per heavy atom. The highest BCUT2D eigenvalue weighted by atomic mass is 16.1. The summed E-state index contributed by atoms with van der Waals surface area (Å²) in [6, 6.07) is 0. The Bertz CT molecular complexity index is 87.7. The molecule has 0 saturated carbocycles. The van der Waals surface area contributed by atoms with Gasteiger partial charge in [-0.25, -0.2) is 0 Å². The van der Waals surface area contributed by atoms with Gasteiger partial charge in [-0.05, 0) is 0 Å². The van der Waals surface area contributed by atoms with E-state index in [1.165, 1.54) is 7.05 Å². The molecule has 7 heavy (non-hydrogen) atoms. The van der Waals surface area contributed by atoms with Gasteiger partial charge in [0.15, 0.2) is 6.29 Å². The summed E-state index contributed by atoms with van der Waals surface area (Å²) in [5.74, 6) is 0. The number of carbonyl (C=O) groups excluding carboxylic acids is 1. The lowest BCUT2D eigenvalue weighted by Crippen LogP contribution is -2.14. The van der Waals surface area contributed by atoms with E-state index in [9.17, 15) is 4.79 Å². The van der Waals surface area contributed by atoms with Gasteiger partial charge in [-0.3, -0.25) is 9.79 Å². The molecular weight excluding hydrogens is 92.1 g/mol. The second-order valence-electron chi connectivity index (χ2n) is 1.04. The second kappa shape index (κ2) is 3.49. The quantitative estimate of drug-likeness (QED) is 0.365. The molecule has 2 N–H and O–H groups in total. The first-order chi connectivity index (χ1) is 3.35. The summed E-state index contributed by atoms with van der Waals surface area (Å²) < 4.78 is 0. The zero-order valence-corrected chi connectivity index (χ0v) is 4.22. The van der Waals surface area contributed by atoms with Crippen LogP contribution in [0, 0.1) is 0 Å². The third-order valence-electron chi connectivity index (χ3n) is 0.632. The van der Waals surface area contributed by atoms with E-state index < -0.39 is 0 Å². The van der Waals surface area contributed by atoms with Crippen molar-refractivity contribution in [1.29, 1.82) is 0 Å². The molecule has 0 unspecified atom stereocenters. The largest absolute Gasteiger partial charge is 0.325 e. The SMILES string of the molecule is CN=C(C=O)CN. The highest BCUT2D eigenvalue weighted by molar-refractivity contribution is 6.29. The standard InChI is InChI=1S/C4H8N2O/c1-6-4(2-5)3-7/h3H,2,5H2,1H3. The maximum Gasteiger partial charge on any atom is 0.165 e. The summed E-state index contributed by atoms with van der Waals surface area (Å²) >= 11 is 0. The van der Waals surface area contributed by atoms with E-state index in [0.717, 1.165) is 0 Å². The number of nitrogens with zero attached hydrogens (tertiary/aromatic N) is 1. The van der Waals surface area contributed by atoms with Gasteiger partial charge in [-0.2, -0.15) is 0 Å². The smallest absolute Gasteiger partial charge is 0.165 e. The van der Waals surface area contributed by atoms with Crippen LogP contribution in [0.4, 0.5) is 0 Å². The molecule has 3 heteroatoms. The van der Waals surface area contributed by atoms with Crippen LogP contribution in [0.3, 0.4) is 0 Å². The first-order valence-corrected chi connectivity index (χ1v) is 1.96. The van der Waals surface area contributed by atoms with Gasteiger partial charge in [-0.15, -0.1) is 0 Å². The van der Waals surface area contributed by atoms with E-state index >= 15 is 0 Å². The highest BCUT2D eigenvalue weighted by Gasteiger charge is 1.84. The number of rotatable bonds is 2. The maximum atomic E-state index is 9.76. The van der Waals surface area contributed by atoms with E-state index in [0.29, 0.717) is 12.0 Å². The molecule has 0 rings (SSSR count). The van der Waals surface area contributed by atoms with Crippen molar-refractivity contribution in [2.45, 2.75) is 0 Å². The van der Waals surface area contributed by atoms with E-state index in [2.05, 4.69) is 4.99 Å². The monoisotopic (exact) mass is 100 g/mol. The molecule has 0 heterocycles. The number of aliphatic imine (C=N–C) groups is 1. The Kier molecular flexibility index (Phi) is 3.14. The molecule has 0 aliphatic rings. The lowest BCUT2D eigenvalue weighted by Gasteiger charge is -1.83. The Morgan fingerprint density at radius 3 is 2.57 bits per heavy atom. The van der Waals surface area contributed by atoms with Crippen LogP contribution in [0.15, 0.2) is 4.99 Å². The molecule has 0 aliphatic heterocycles. The van der Waals surface area contributed by atoms with Crippen LogP contribution < -0.4 is 5.73 Å². The number of hydrogen-bond donors (Lipinski definition) is 1. The molecule has 0 radical (unpaired) electrons. The minimum absolute atomic E-state index is 0.236. The molecule has 0 bridgehead atoms. The van der Waals surface area contributed by atoms with Crippen LogP contribution in [0.5, 0.6) is 0 Å². The third kappa shape index (κ3) is 2.05. The minimum atomic E-state index is 0.236. The summed E-state index contributed by atoms with van der Waals surface area (Å²) in [7, 11) is 1.54. The lowest BCUT2D eigenvalue weighted by atomic mass is 10.4. The predicted octanol–water partition coefficient (Wildman–Crippen LogP) is -0.785. The molecule has 0 aromatic heterocycles. The molecule has 0 spiro atoms. The first-order valence-electron chi connectivity index (χ1n) is 1.96. The summed E-state index contributed by atoms with van der Waals surface area (Å²) in [6.45, 7) is 0.236. The Morgan fingerprint density at radius 1 is 2.00 bits per heavy atom. The fourth-order valence-corrected chi connectivity index (χ4v) is 0.192.